The molecule has 4 rings (SSSR count). The first-order chi connectivity index (χ1) is 15.5. The molecule has 1 fully saturated rings. The molecule has 2 aromatic heterocycles. The van der Waals surface area contributed by atoms with E-state index in [-0.39, 0.29) is 12.3 Å². The van der Waals surface area contributed by atoms with E-state index < -0.39 is 0 Å². The van der Waals surface area contributed by atoms with Crippen molar-refractivity contribution in [2.24, 2.45) is 0 Å². The van der Waals surface area contributed by atoms with E-state index in [0.29, 0.717) is 49.9 Å². The average Bonchev–Trinajstić information content (AvgIpc) is 3.34. The van der Waals surface area contributed by atoms with Crippen LogP contribution in [0, 0.1) is 5.41 Å². The van der Waals surface area contributed by atoms with Gasteiger partial charge in [-0.25, -0.2) is 9.97 Å². The fraction of sp³-hybridized carbons (Fsp3) is 0.273. The van der Waals surface area contributed by atoms with Gasteiger partial charge in [0.15, 0.2) is 11.5 Å². The fourth-order valence-corrected chi connectivity index (χ4v) is 3.95. The number of ether oxygens (including phenoxy) is 2. The Hall–Kier alpha value is -3.10. The van der Waals surface area contributed by atoms with E-state index in [9.17, 15) is 0 Å². The number of rotatable bonds is 7. The molecule has 8 nitrogen and oxygen atoms in total. The molecular weight excluding hydrogens is 451 g/mol. The Morgan fingerprint density at radius 1 is 1.06 bits per heavy atom. The Morgan fingerprint density at radius 3 is 2.34 bits per heavy atom. The predicted molar refractivity (Wildman–Crippen MR) is 125 cm³/mol. The van der Waals surface area contributed by atoms with E-state index in [1.807, 2.05) is 0 Å². The van der Waals surface area contributed by atoms with E-state index in [0.717, 1.165) is 25.9 Å². The Morgan fingerprint density at radius 2 is 1.72 bits per heavy atom. The molecule has 0 radical (unpaired) electrons. The number of benzene rings is 1. The highest BCUT2D eigenvalue weighted by Gasteiger charge is 2.18. The van der Waals surface area contributed by atoms with Gasteiger partial charge in [-0.1, -0.05) is 23.2 Å². The first-order valence-electron chi connectivity index (χ1n) is 10.0. The van der Waals surface area contributed by atoms with Gasteiger partial charge < -0.3 is 20.1 Å². The highest BCUT2D eigenvalue weighted by atomic mass is 35.5. The van der Waals surface area contributed by atoms with E-state index >= 15 is 0 Å². The number of anilines is 2. The molecule has 0 amide bonds. The summed E-state index contributed by atoms with van der Waals surface area (Å²) in [5.41, 5.74) is 8.40. The number of methoxy groups -OCH3 is 1. The molecule has 0 saturated carbocycles. The van der Waals surface area contributed by atoms with Crippen molar-refractivity contribution in [3.05, 3.63) is 63.7 Å². The lowest BCUT2D eigenvalue weighted by Crippen LogP contribution is -2.20. The van der Waals surface area contributed by atoms with Crippen molar-refractivity contribution in [1.82, 2.24) is 15.0 Å². The minimum atomic E-state index is 0.0981. The summed E-state index contributed by atoms with van der Waals surface area (Å²) >= 11 is 12.4. The van der Waals surface area contributed by atoms with E-state index in [1.54, 1.807) is 24.5 Å². The summed E-state index contributed by atoms with van der Waals surface area (Å²) in [5.74, 6) is 1.51. The van der Waals surface area contributed by atoms with E-state index in [4.69, 9.17) is 43.8 Å². The number of hydrogen-bond donors (Lipinski definition) is 2. The van der Waals surface area contributed by atoms with Crippen LogP contribution in [0.2, 0.25) is 10.0 Å². The molecule has 1 aliphatic rings. The highest BCUT2D eigenvalue weighted by Crippen LogP contribution is 2.35. The topological polar surface area (TPSA) is 110 Å². The summed E-state index contributed by atoms with van der Waals surface area (Å²) in [4.78, 5) is 14.9. The van der Waals surface area contributed by atoms with Gasteiger partial charge in [0.05, 0.1) is 22.9 Å². The Balaban J connectivity index is 1.59. The van der Waals surface area contributed by atoms with Gasteiger partial charge in [0.1, 0.15) is 6.61 Å². The van der Waals surface area contributed by atoms with Crippen LogP contribution in [0.3, 0.4) is 0 Å². The van der Waals surface area contributed by atoms with Gasteiger partial charge in [-0.3, -0.25) is 10.4 Å². The molecule has 3 N–H and O–H groups in total. The monoisotopic (exact) mass is 472 g/mol. The summed E-state index contributed by atoms with van der Waals surface area (Å²) in [6.45, 7) is 2.00. The molecule has 1 saturated heterocycles. The molecule has 3 heterocycles. The maximum absolute atomic E-state index is 8.66. The zero-order valence-electron chi connectivity index (χ0n) is 17.4. The number of pyridine rings is 1. The van der Waals surface area contributed by atoms with Crippen LogP contribution in [0.15, 0.2) is 36.9 Å². The van der Waals surface area contributed by atoms with Crippen LogP contribution in [-0.4, -0.2) is 40.9 Å². The number of nitrogens with one attached hydrogen (secondary N) is 1. The van der Waals surface area contributed by atoms with Gasteiger partial charge in [0.2, 0.25) is 5.95 Å². The third-order valence-corrected chi connectivity index (χ3v) is 5.90. The summed E-state index contributed by atoms with van der Waals surface area (Å²) < 4.78 is 11.3. The van der Waals surface area contributed by atoms with Crippen molar-refractivity contribution in [2.75, 3.05) is 30.8 Å². The van der Waals surface area contributed by atoms with Gasteiger partial charge >= 0.3 is 0 Å². The zero-order valence-corrected chi connectivity index (χ0v) is 19.0. The Labute approximate surface area is 195 Å². The molecule has 0 spiro atoms. The number of halogens is 2. The summed E-state index contributed by atoms with van der Waals surface area (Å²) in [7, 11) is 1.52. The number of nitrogen functional groups attached to an aromatic ring is 1. The van der Waals surface area contributed by atoms with Gasteiger partial charge in [-0.2, -0.15) is 0 Å². The molecular formula is C22H22Cl2N6O2. The maximum Gasteiger partial charge on any atom is 0.225 e. The van der Waals surface area contributed by atoms with Gasteiger partial charge in [0.25, 0.3) is 0 Å². The van der Waals surface area contributed by atoms with Crippen LogP contribution in [0.1, 0.15) is 29.5 Å². The van der Waals surface area contributed by atoms with Crippen molar-refractivity contribution in [3.8, 4) is 11.5 Å². The second kappa shape index (κ2) is 9.58. The van der Waals surface area contributed by atoms with E-state index in [1.165, 1.54) is 19.5 Å². The van der Waals surface area contributed by atoms with Crippen molar-refractivity contribution < 1.29 is 9.47 Å². The standard InChI is InChI=1S/C22H22Cl2N6O2/c1-31-19-7-18(25)14(6-20(19)32-12-15-16(23)10-27-11-17(15)24)21(26)13-8-28-22(29-9-13)30-4-2-3-5-30/h6-11,26H,2-5,12,25H2,1H3. The van der Waals surface area contributed by atoms with Crippen molar-refractivity contribution >= 4 is 40.5 Å². The van der Waals surface area contributed by atoms with Crippen molar-refractivity contribution in [2.45, 2.75) is 19.4 Å². The fourth-order valence-electron chi connectivity index (χ4n) is 3.48. The Bertz CT molecular complexity index is 1110. The number of hydrogen-bond acceptors (Lipinski definition) is 8. The average molecular weight is 473 g/mol. The SMILES string of the molecule is COc1cc(N)c(C(=N)c2cnc(N3CCCC3)nc2)cc1OCc1c(Cl)cncc1Cl. The van der Waals surface area contributed by atoms with Crippen LogP contribution in [0.4, 0.5) is 11.6 Å². The van der Waals surface area contributed by atoms with E-state index in [2.05, 4.69) is 19.9 Å². The third-order valence-electron chi connectivity index (χ3n) is 5.25. The largest absolute Gasteiger partial charge is 0.493 e. The lowest BCUT2D eigenvalue weighted by molar-refractivity contribution is 0.284. The van der Waals surface area contributed by atoms with Crippen LogP contribution >= 0.6 is 23.2 Å². The molecule has 0 atom stereocenters. The van der Waals surface area contributed by atoms with Gasteiger partial charge in [-0.15, -0.1) is 0 Å². The third kappa shape index (κ3) is 4.56. The quantitative estimate of drug-likeness (QED) is 0.387. The molecule has 166 valence electrons. The smallest absolute Gasteiger partial charge is 0.225 e. The van der Waals surface area contributed by atoms with Gasteiger partial charge in [-0.05, 0) is 18.9 Å². The molecule has 3 aromatic rings. The minimum Gasteiger partial charge on any atom is -0.493 e. The second-order valence-corrected chi connectivity index (χ2v) is 8.12. The molecule has 32 heavy (non-hydrogen) atoms. The molecule has 1 aliphatic heterocycles. The second-order valence-electron chi connectivity index (χ2n) is 7.30. The molecule has 10 heteroatoms. The van der Waals surface area contributed by atoms with Crippen LogP contribution in [0.5, 0.6) is 11.5 Å². The van der Waals surface area contributed by atoms with Crippen molar-refractivity contribution in [1.29, 1.82) is 5.41 Å². The predicted octanol–water partition coefficient (Wildman–Crippen LogP) is 4.36. The molecule has 0 unspecified atom stereocenters. The molecule has 0 aliphatic carbocycles. The first-order valence-corrected chi connectivity index (χ1v) is 10.8. The van der Waals surface area contributed by atoms with Crippen molar-refractivity contribution in [3.63, 3.8) is 0 Å². The van der Waals surface area contributed by atoms with Crippen LogP contribution in [-0.2, 0) is 6.61 Å². The number of aromatic nitrogens is 3. The number of nitrogens with two attached hydrogens (primary N) is 1. The first kappa shape index (κ1) is 22.1. The van der Waals surface area contributed by atoms with Gasteiger partial charge in [0, 0.05) is 66.3 Å². The summed E-state index contributed by atoms with van der Waals surface area (Å²) in [5, 5.41) is 9.46. The lowest BCUT2D eigenvalue weighted by atomic mass is 10.0. The number of nitrogens with zero attached hydrogens (tertiary/aromatic N) is 4. The lowest BCUT2D eigenvalue weighted by Gasteiger charge is -2.17. The summed E-state index contributed by atoms with van der Waals surface area (Å²) in [6, 6.07) is 3.28. The summed E-state index contributed by atoms with van der Waals surface area (Å²) in [6.07, 6.45) is 8.57. The maximum atomic E-state index is 8.66. The van der Waals surface area contributed by atoms with Crippen LogP contribution < -0.4 is 20.1 Å². The minimum absolute atomic E-state index is 0.0981. The highest BCUT2D eigenvalue weighted by molar-refractivity contribution is 6.35. The normalized spacial score (nSPS) is 13.3. The zero-order chi connectivity index (χ0) is 22.7. The molecule has 0 bridgehead atoms. The molecule has 1 aromatic carbocycles. The van der Waals surface area contributed by atoms with Crippen LogP contribution in [0.25, 0.3) is 0 Å². The Kier molecular flexibility index (Phi) is 6.62.